The summed E-state index contributed by atoms with van der Waals surface area (Å²) in [6.07, 6.45) is 4.02. The van der Waals surface area contributed by atoms with Gasteiger partial charge in [0.2, 0.25) is 5.91 Å². The summed E-state index contributed by atoms with van der Waals surface area (Å²) in [7, 11) is 0. The first-order chi connectivity index (χ1) is 7.68. The third-order valence-electron chi connectivity index (χ3n) is 4.26. The van der Waals surface area contributed by atoms with Crippen molar-refractivity contribution >= 4 is 5.91 Å². The number of rotatable bonds is 2. The van der Waals surface area contributed by atoms with E-state index in [2.05, 4.69) is 18.7 Å². The summed E-state index contributed by atoms with van der Waals surface area (Å²) >= 11 is 0. The first kappa shape index (κ1) is 11.9. The molecule has 16 heavy (non-hydrogen) atoms. The number of likely N-dealkylation sites (tertiary alicyclic amines) is 1. The van der Waals surface area contributed by atoms with Gasteiger partial charge in [0.1, 0.15) is 0 Å². The predicted octanol–water partition coefficient (Wildman–Crippen LogP) is 2.06. The second-order valence-electron chi connectivity index (χ2n) is 5.35. The Morgan fingerprint density at radius 3 is 2.50 bits per heavy atom. The highest BCUT2D eigenvalue weighted by Crippen LogP contribution is 2.26. The Labute approximate surface area is 98.1 Å². The first-order valence-corrected chi connectivity index (χ1v) is 6.55. The number of ether oxygens (including phenoxy) is 1. The van der Waals surface area contributed by atoms with E-state index in [1.165, 1.54) is 6.42 Å². The summed E-state index contributed by atoms with van der Waals surface area (Å²) in [4.78, 5) is 14.2. The van der Waals surface area contributed by atoms with Gasteiger partial charge in [-0.3, -0.25) is 4.79 Å². The minimum Gasteiger partial charge on any atom is -0.381 e. The summed E-state index contributed by atoms with van der Waals surface area (Å²) in [5, 5.41) is 0. The van der Waals surface area contributed by atoms with Crippen LogP contribution in [0.15, 0.2) is 0 Å². The number of amides is 1. The average Bonchev–Trinajstić information content (AvgIpc) is 2.61. The molecule has 3 heteroatoms. The highest BCUT2D eigenvalue weighted by Gasteiger charge is 2.31. The van der Waals surface area contributed by atoms with Crippen LogP contribution in [0, 0.1) is 11.8 Å². The predicted molar refractivity (Wildman–Crippen MR) is 63.1 cm³/mol. The Morgan fingerprint density at radius 2 is 1.94 bits per heavy atom. The van der Waals surface area contributed by atoms with Crippen LogP contribution in [0.5, 0.6) is 0 Å². The molecule has 0 unspecified atom stereocenters. The Bertz CT molecular complexity index is 248. The number of hydrogen-bond donors (Lipinski definition) is 0. The fourth-order valence-electron chi connectivity index (χ4n) is 2.76. The molecule has 0 spiro atoms. The molecule has 2 heterocycles. The molecule has 0 N–H and O–H groups in total. The third-order valence-corrected chi connectivity index (χ3v) is 4.26. The molecule has 92 valence electrons. The van der Waals surface area contributed by atoms with Crippen LogP contribution in [-0.2, 0) is 9.53 Å². The highest BCUT2D eigenvalue weighted by molar-refractivity contribution is 5.77. The Morgan fingerprint density at radius 1 is 1.25 bits per heavy atom. The molecule has 0 aromatic heterocycles. The zero-order valence-electron chi connectivity index (χ0n) is 10.4. The molecule has 0 bridgehead atoms. The molecule has 2 aliphatic heterocycles. The van der Waals surface area contributed by atoms with Crippen molar-refractivity contribution in [2.75, 3.05) is 19.8 Å². The summed E-state index contributed by atoms with van der Waals surface area (Å²) in [6, 6.07) is 0.437. The molecule has 0 radical (unpaired) electrons. The summed E-state index contributed by atoms with van der Waals surface area (Å²) in [6.45, 7) is 7.06. The van der Waals surface area contributed by atoms with E-state index in [4.69, 9.17) is 4.74 Å². The van der Waals surface area contributed by atoms with Gasteiger partial charge in [0.05, 0.1) is 0 Å². The van der Waals surface area contributed by atoms with Crippen LogP contribution in [0.2, 0.25) is 0 Å². The van der Waals surface area contributed by atoms with E-state index >= 15 is 0 Å². The van der Waals surface area contributed by atoms with Gasteiger partial charge in [-0.2, -0.15) is 0 Å². The van der Waals surface area contributed by atoms with Crippen LogP contribution in [0.3, 0.4) is 0 Å². The van der Waals surface area contributed by atoms with Crippen LogP contribution in [0.4, 0.5) is 0 Å². The van der Waals surface area contributed by atoms with E-state index in [-0.39, 0.29) is 0 Å². The molecule has 0 aliphatic carbocycles. The Balaban J connectivity index is 1.83. The normalized spacial score (nSPS) is 32.0. The lowest BCUT2D eigenvalue weighted by Crippen LogP contribution is -2.37. The van der Waals surface area contributed by atoms with Gasteiger partial charge in [0, 0.05) is 32.2 Å². The second kappa shape index (κ2) is 5.17. The van der Waals surface area contributed by atoms with E-state index in [0.29, 0.717) is 23.8 Å². The van der Waals surface area contributed by atoms with Crippen LogP contribution >= 0.6 is 0 Å². The molecule has 0 saturated carbocycles. The van der Waals surface area contributed by atoms with Crippen molar-refractivity contribution in [3.05, 3.63) is 0 Å². The van der Waals surface area contributed by atoms with Gasteiger partial charge in [-0.1, -0.05) is 6.92 Å². The lowest BCUT2D eigenvalue weighted by Gasteiger charge is -2.27. The van der Waals surface area contributed by atoms with Crippen molar-refractivity contribution < 1.29 is 9.53 Å². The molecule has 0 aromatic rings. The molecular weight excluding hydrogens is 202 g/mol. The Kier molecular flexibility index (Phi) is 3.85. The first-order valence-electron chi connectivity index (χ1n) is 6.55. The highest BCUT2D eigenvalue weighted by atomic mass is 16.5. The minimum atomic E-state index is 0.365. The van der Waals surface area contributed by atoms with Gasteiger partial charge in [-0.25, -0.2) is 0 Å². The zero-order valence-corrected chi connectivity index (χ0v) is 10.4. The number of carbonyl (C=O) groups excluding carboxylic acids is 1. The van der Waals surface area contributed by atoms with E-state index in [1.54, 1.807) is 0 Å². The van der Waals surface area contributed by atoms with E-state index in [0.717, 1.165) is 39.0 Å². The second-order valence-corrected chi connectivity index (χ2v) is 5.35. The average molecular weight is 225 g/mol. The van der Waals surface area contributed by atoms with Gasteiger partial charge >= 0.3 is 0 Å². The van der Waals surface area contributed by atoms with Crippen LogP contribution in [-0.4, -0.2) is 36.6 Å². The van der Waals surface area contributed by atoms with Gasteiger partial charge in [-0.05, 0) is 38.0 Å². The minimum absolute atomic E-state index is 0.365. The van der Waals surface area contributed by atoms with Crippen molar-refractivity contribution in [1.29, 1.82) is 0 Å². The van der Waals surface area contributed by atoms with Gasteiger partial charge in [0.25, 0.3) is 0 Å². The van der Waals surface area contributed by atoms with Crippen LogP contribution in [0.1, 0.15) is 39.5 Å². The lowest BCUT2D eigenvalue weighted by atomic mass is 9.95. The monoisotopic (exact) mass is 225 g/mol. The maximum atomic E-state index is 12.2. The molecule has 2 fully saturated rings. The van der Waals surface area contributed by atoms with Gasteiger partial charge in [-0.15, -0.1) is 0 Å². The van der Waals surface area contributed by atoms with E-state index in [1.807, 2.05) is 0 Å². The summed E-state index contributed by atoms with van der Waals surface area (Å²) < 4.78 is 5.32. The Hall–Kier alpha value is -0.570. The van der Waals surface area contributed by atoms with Crippen LogP contribution < -0.4 is 0 Å². The van der Waals surface area contributed by atoms with E-state index < -0.39 is 0 Å². The molecule has 2 rings (SSSR count). The standard InChI is InChI=1S/C13H23NO2/c1-10-3-6-14(11(10)2)13(15)9-12-4-7-16-8-5-12/h10-12H,3-9H2,1-2H3/t10-,11-/m1/s1. The molecular formula is C13H23NO2. The fraction of sp³-hybridized carbons (Fsp3) is 0.923. The SMILES string of the molecule is C[C@@H]1CCN(C(=O)CC2CCOCC2)[C@@H]1C. The third kappa shape index (κ3) is 2.57. The van der Waals surface area contributed by atoms with Crippen molar-refractivity contribution in [2.45, 2.75) is 45.6 Å². The molecule has 2 aliphatic rings. The largest absolute Gasteiger partial charge is 0.381 e. The van der Waals surface area contributed by atoms with Crippen molar-refractivity contribution in [3.8, 4) is 0 Å². The fourth-order valence-corrected chi connectivity index (χ4v) is 2.76. The number of carbonyl (C=O) groups is 1. The van der Waals surface area contributed by atoms with Crippen molar-refractivity contribution in [3.63, 3.8) is 0 Å². The lowest BCUT2D eigenvalue weighted by molar-refractivity contribution is -0.133. The molecule has 2 atom stereocenters. The quantitative estimate of drug-likeness (QED) is 0.720. The summed E-state index contributed by atoms with van der Waals surface area (Å²) in [5.74, 6) is 1.59. The van der Waals surface area contributed by atoms with Gasteiger partial charge in [0.15, 0.2) is 0 Å². The molecule has 2 saturated heterocycles. The molecule has 3 nitrogen and oxygen atoms in total. The number of nitrogens with zero attached hydrogens (tertiary/aromatic N) is 1. The maximum absolute atomic E-state index is 12.2. The molecule has 1 amide bonds. The summed E-state index contributed by atoms with van der Waals surface area (Å²) in [5.41, 5.74) is 0. The van der Waals surface area contributed by atoms with Crippen molar-refractivity contribution in [2.24, 2.45) is 11.8 Å². The van der Waals surface area contributed by atoms with Crippen molar-refractivity contribution in [1.82, 2.24) is 4.90 Å². The van der Waals surface area contributed by atoms with Gasteiger partial charge < -0.3 is 9.64 Å². The van der Waals surface area contributed by atoms with E-state index in [9.17, 15) is 4.79 Å². The zero-order chi connectivity index (χ0) is 11.5. The topological polar surface area (TPSA) is 29.5 Å². The smallest absolute Gasteiger partial charge is 0.223 e. The van der Waals surface area contributed by atoms with Crippen LogP contribution in [0.25, 0.3) is 0 Å². The maximum Gasteiger partial charge on any atom is 0.223 e. The number of hydrogen-bond acceptors (Lipinski definition) is 2. The molecule has 0 aromatic carbocycles.